The SMILES string of the molecule is COC(=O)c1nc(C)c(OC)o1. The minimum absolute atomic E-state index is 0.0909. The van der Waals surface area contributed by atoms with E-state index in [9.17, 15) is 4.79 Å². The van der Waals surface area contributed by atoms with Gasteiger partial charge in [-0.1, -0.05) is 0 Å². The number of nitrogens with zero attached hydrogens (tertiary/aromatic N) is 1. The lowest BCUT2D eigenvalue weighted by molar-refractivity contribution is 0.0550. The Morgan fingerprint density at radius 1 is 1.50 bits per heavy atom. The molecule has 66 valence electrons. The first-order valence-electron chi connectivity index (χ1n) is 3.28. The molecule has 0 bridgehead atoms. The molecule has 0 unspecified atom stereocenters. The van der Waals surface area contributed by atoms with Crippen LogP contribution in [0.2, 0.25) is 0 Å². The van der Waals surface area contributed by atoms with Gasteiger partial charge in [-0.15, -0.1) is 0 Å². The Morgan fingerprint density at radius 2 is 2.17 bits per heavy atom. The van der Waals surface area contributed by atoms with E-state index in [1.807, 2.05) is 0 Å². The molecule has 1 aromatic heterocycles. The Bertz CT molecular complexity index is 292. The lowest BCUT2D eigenvalue weighted by atomic mass is 10.5. The minimum Gasteiger partial charge on any atom is -0.467 e. The van der Waals surface area contributed by atoms with Crippen molar-refractivity contribution in [2.45, 2.75) is 6.92 Å². The molecule has 0 fully saturated rings. The highest BCUT2D eigenvalue weighted by Gasteiger charge is 2.16. The first kappa shape index (κ1) is 8.58. The zero-order chi connectivity index (χ0) is 9.14. The summed E-state index contributed by atoms with van der Waals surface area (Å²) in [4.78, 5) is 14.6. The van der Waals surface area contributed by atoms with E-state index in [-0.39, 0.29) is 11.8 Å². The van der Waals surface area contributed by atoms with Gasteiger partial charge < -0.3 is 13.9 Å². The standard InChI is InChI=1S/C7H9NO4/c1-4-7(11-3)12-5(8-4)6(9)10-2/h1-3H3. The second-order valence-electron chi connectivity index (χ2n) is 2.09. The van der Waals surface area contributed by atoms with Gasteiger partial charge in [-0.05, 0) is 6.92 Å². The fraction of sp³-hybridized carbons (Fsp3) is 0.429. The van der Waals surface area contributed by atoms with Crippen molar-refractivity contribution >= 4 is 5.97 Å². The summed E-state index contributed by atoms with van der Waals surface area (Å²) in [5, 5.41) is 0. The zero-order valence-corrected chi connectivity index (χ0v) is 7.08. The van der Waals surface area contributed by atoms with Gasteiger partial charge in [0, 0.05) is 0 Å². The number of esters is 1. The Hall–Kier alpha value is -1.52. The van der Waals surface area contributed by atoms with Crippen molar-refractivity contribution in [1.29, 1.82) is 0 Å². The average molecular weight is 171 g/mol. The predicted molar refractivity (Wildman–Crippen MR) is 39.1 cm³/mol. The normalized spacial score (nSPS) is 9.58. The third-order valence-electron chi connectivity index (χ3n) is 1.30. The van der Waals surface area contributed by atoms with Gasteiger partial charge >= 0.3 is 17.8 Å². The number of ether oxygens (including phenoxy) is 2. The summed E-state index contributed by atoms with van der Waals surface area (Å²) < 4.78 is 14.1. The van der Waals surface area contributed by atoms with E-state index in [0.29, 0.717) is 5.69 Å². The second kappa shape index (κ2) is 3.25. The molecule has 5 heteroatoms. The number of hydrogen-bond acceptors (Lipinski definition) is 5. The number of aromatic nitrogens is 1. The van der Waals surface area contributed by atoms with Gasteiger partial charge in [-0.25, -0.2) is 9.78 Å². The third kappa shape index (κ3) is 1.39. The summed E-state index contributed by atoms with van der Waals surface area (Å²) in [6, 6.07) is 0. The Kier molecular flexibility index (Phi) is 2.32. The van der Waals surface area contributed by atoms with E-state index in [4.69, 9.17) is 9.15 Å². The Morgan fingerprint density at radius 3 is 2.58 bits per heavy atom. The summed E-state index contributed by atoms with van der Waals surface area (Å²) in [5.41, 5.74) is 0.526. The maximum atomic E-state index is 10.9. The molecule has 1 rings (SSSR count). The van der Waals surface area contributed by atoms with Crippen LogP contribution in [0.15, 0.2) is 4.42 Å². The highest BCUT2D eigenvalue weighted by molar-refractivity contribution is 5.84. The highest BCUT2D eigenvalue weighted by Crippen LogP contribution is 2.18. The monoisotopic (exact) mass is 171 g/mol. The molecule has 0 spiro atoms. The summed E-state index contributed by atoms with van der Waals surface area (Å²) in [6.45, 7) is 1.68. The zero-order valence-electron chi connectivity index (χ0n) is 7.08. The number of hydrogen-bond donors (Lipinski definition) is 0. The number of carbonyl (C=O) groups is 1. The molecule has 0 saturated carbocycles. The largest absolute Gasteiger partial charge is 0.467 e. The van der Waals surface area contributed by atoms with E-state index < -0.39 is 5.97 Å². The topological polar surface area (TPSA) is 61.6 Å². The van der Waals surface area contributed by atoms with Crippen LogP contribution in [0, 0.1) is 6.92 Å². The molecule has 0 radical (unpaired) electrons. The fourth-order valence-corrected chi connectivity index (χ4v) is 0.746. The van der Waals surface area contributed by atoms with E-state index >= 15 is 0 Å². The van der Waals surface area contributed by atoms with Crippen LogP contribution in [0.4, 0.5) is 0 Å². The van der Waals surface area contributed by atoms with Crippen molar-refractivity contribution in [2.75, 3.05) is 14.2 Å². The fourth-order valence-electron chi connectivity index (χ4n) is 0.746. The van der Waals surface area contributed by atoms with Crippen molar-refractivity contribution in [3.8, 4) is 5.95 Å². The summed E-state index contributed by atoms with van der Waals surface area (Å²) in [5.74, 6) is -0.469. The molecule has 0 aliphatic rings. The molecule has 12 heavy (non-hydrogen) atoms. The van der Waals surface area contributed by atoms with E-state index in [0.717, 1.165) is 0 Å². The molecule has 1 heterocycles. The van der Waals surface area contributed by atoms with Gasteiger partial charge in [0.1, 0.15) is 5.69 Å². The third-order valence-corrected chi connectivity index (χ3v) is 1.30. The summed E-state index contributed by atoms with van der Waals surface area (Å²) >= 11 is 0. The van der Waals surface area contributed by atoms with Crippen molar-refractivity contribution in [1.82, 2.24) is 4.98 Å². The maximum Gasteiger partial charge on any atom is 0.394 e. The first-order chi connectivity index (χ1) is 5.69. The Labute approximate surface area is 69.3 Å². The molecular weight excluding hydrogens is 162 g/mol. The smallest absolute Gasteiger partial charge is 0.394 e. The quantitative estimate of drug-likeness (QED) is 0.615. The molecule has 5 nitrogen and oxygen atoms in total. The lowest BCUT2D eigenvalue weighted by Crippen LogP contribution is -2.00. The second-order valence-corrected chi connectivity index (χ2v) is 2.09. The van der Waals surface area contributed by atoms with Gasteiger partial charge in [0.15, 0.2) is 0 Å². The summed E-state index contributed by atoms with van der Waals surface area (Å²) in [7, 11) is 2.70. The first-order valence-corrected chi connectivity index (χ1v) is 3.28. The van der Waals surface area contributed by atoms with Gasteiger partial charge in [0.2, 0.25) is 0 Å². The lowest BCUT2D eigenvalue weighted by Gasteiger charge is -1.91. The maximum absolute atomic E-state index is 10.9. The van der Waals surface area contributed by atoms with Gasteiger partial charge in [0.05, 0.1) is 14.2 Å². The van der Waals surface area contributed by atoms with Crippen LogP contribution in [-0.2, 0) is 4.74 Å². The van der Waals surface area contributed by atoms with Crippen LogP contribution in [0.25, 0.3) is 0 Å². The molecule has 0 amide bonds. The molecule has 0 aliphatic carbocycles. The van der Waals surface area contributed by atoms with Crippen LogP contribution in [0.1, 0.15) is 16.4 Å². The van der Waals surface area contributed by atoms with Crippen molar-refractivity contribution in [3.63, 3.8) is 0 Å². The van der Waals surface area contributed by atoms with Gasteiger partial charge in [-0.3, -0.25) is 0 Å². The highest BCUT2D eigenvalue weighted by atomic mass is 16.6. The van der Waals surface area contributed by atoms with Crippen molar-refractivity contribution in [3.05, 3.63) is 11.6 Å². The van der Waals surface area contributed by atoms with Gasteiger partial charge in [0.25, 0.3) is 0 Å². The van der Waals surface area contributed by atoms with Crippen LogP contribution in [0.5, 0.6) is 5.95 Å². The average Bonchev–Trinajstić information content (AvgIpc) is 2.45. The predicted octanol–water partition coefficient (Wildman–Crippen LogP) is 0.778. The number of oxazole rings is 1. The molecule has 1 aromatic rings. The Balaban J connectivity index is 2.96. The molecule has 0 N–H and O–H groups in total. The van der Waals surface area contributed by atoms with E-state index in [2.05, 4.69) is 9.72 Å². The summed E-state index contributed by atoms with van der Waals surface area (Å²) in [6.07, 6.45) is 0. The van der Waals surface area contributed by atoms with Gasteiger partial charge in [-0.2, -0.15) is 0 Å². The van der Waals surface area contributed by atoms with Crippen molar-refractivity contribution < 1.29 is 18.7 Å². The number of carbonyl (C=O) groups excluding carboxylic acids is 1. The number of aryl methyl sites for hydroxylation is 1. The molecular formula is C7H9NO4. The molecule has 0 aromatic carbocycles. The van der Waals surface area contributed by atoms with Crippen LogP contribution in [0.3, 0.4) is 0 Å². The molecule has 0 aliphatic heterocycles. The van der Waals surface area contributed by atoms with Crippen LogP contribution < -0.4 is 4.74 Å². The van der Waals surface area contributed by atoms with E-state index in [1.165, 1.54) is 14.2 Å². The van der Waals surface area contributed by atoms with Crippen molar-refractivity contribution in [2.24, 2.45) is 0 Å². The molecule has 0 atom stereocenters. The van der Waals surface area contributed by atoms with Crippen LogP contribution >= 0.6 is 0 Å². The number of methoxy groups -OCH3 is 2. The minimum atomic E-state index is -0.610. The van der Waals surface area contributed by atoms with Crippen LogP contribution in [-0.4, -0.2) is 25.2 Å². The molecule has 0 saturated heterocycles. The van der Waals surface area contributed by atoms with E-state index in [1.54, 1.807) is 6.92 Å². The number of rotatable bonds is 2.